The van der Waals surface area contributed by atoms with Crippen molar-refractivity contribution in [3.63, 3.8) is 0 Å². The first-order valence-corrected chi connectivity index (χ1v) is 7.66. The van der Waals surface area contributed by atoms with E-state index < -0.39 is 0 Å². The van der Waals surface area contributed by atoms with Crippen molar-refractivity contribution in [3.05, 3.63) is 63.7 Å². The Kier molecular flexibility index (Phi) is 5.66. The molecule has 0 saturated carbocycles. The molecule has 0 amide bonds. The highest BCUT2D eigenvalue weighted by Crippen LogP contribution is 2.27. The monoisotopic (exact) mass is 303 g/mol. The fraction of sp³-hybridized carbons (Fsp3) is 0.333. The minimum Gasteiger partial charge on any atom is -0.489 e. The minimum absolute atomic E-state index is 0.556. The number of benzene rings is 2. The highest BCUT2D eigenvalue weighted by molar-refractivity contribution is 6.31. The third kappa shape index (κ3) is 4.23. The Morgan fingerprint density at radius 2 is 1.90 bits per heavy atom. The largest absolute Gasteiger partial charge is 0.489 e. The Bertz CT molecular complexity index is 610. The number of halogens is 1. The zero-order chi connectivity index (χ0) is 15.2. The summed E-state index contributed by atoms with van der Waals surface area (Å²) in [7, 11) is 0. The van der Waals surface area contributed by atoms with Crippen LogP contribution in [0.1, 0.15) is 29.2 Å². The van der Waals surface area contributed by atoms with Gasteiger partial charge in [-0.25, -0.2) is 0 Å². The molecule has 0 aliphatic heterocycles. The number of aryl methyl sites for hydroxylation is 2. The first-order valence-electron chi connectivity index (χ1n) is 7.29. The van der Waals surface area contributed by atoms with Crippen LogP contribution in [0, 0.1) is 13.8 Å². The van der Waals surface area contributed by atoms with E-state index in [2.05, 4.69) is 44.3 Å². The van der Waals surface area contributed by atoms with Crippen LogP contribution in [0.4, 0.5) is 0 Å². The van der Waals surface area contributed by atoms with Crippen LogP contribution >= 0.6 is 11.6 Å². The summed E-state index contributed by atoms with van der Waals surface area (Å²) >= 11 is 6.27. The summed E-state index contributed by atoms with van der Waals surface area (Å²) in [6.07, 6.45) is 0. The predicted octanol–water partition coefficient (Wildman–Crippen LogP) is 4.65. The molecule has 0 fully saturated rings. The van der Waals surface area contributed by atoms with Crippen molar-refractivity contribution in [3.8, 4) is 5.75 Å². The molecule has 0 saturated heterocycles. The Labute approximate surface area is 132 Å². The average molecular weight is 304 g/mol. The molecule has 112 valence electrons. The van der Waals surface area contributed by atoms with Crippen LogP contribution < -0.4 is 10.1 Å². The van der Waals surface area contributed by atoms with Crippen molar-refractivity contribution in [2.75, 3.05) is 6.54 Å². The van der Waals surface area contributed by atoms with E-state index in [-0.39, 0.29) is 0 Å². The summed E-state index contributed by atoms with van der Waals surface area (Å²) < 4.78 is 5.97. The van der Waals surface area contributed by atoms with Crippen molar-refractivity contribution in [2.24, 2.45) is 0 Å². The van der Waals surface area contributed by atoms with E-state index in [0.717, 1.165) is 29.4 Å². The lowest BCUT2D eigenvalue weighted by atomic mass is 10.1. The number of rotatable bonds is 6. The van der Waals surface area contributed by atoms with Crippen LogP contribution in [-0.2, 0) is 13.2 Å². The molecule has 2 rings (SSSR count). The van der Waals surface area contributed by atoms with E-state index >= 15 is 0 Å². The summed E-state index contributed by atoms with van der Waals surface area (Å²) in [6.45, 7) is 8.49. The standard InChI is InChI=1S/C18H22ClNO/c1-4-20-11-16-17(19)6-5-7-18(16)21-12-15-9-8-13(2)14(3)10-15/h5-10,20H,4,11-12H2,1-3H3. The second kappa shape index (κ2) is 7.48. The Balaban J connectivity index is 2.12. The molecule has 0 unspecified atom stereocenters. The number of ether oxygens (including phenoxy) is 1. The van der Waals surface area contributed by atoms with E-state index in [1.807, 2.05) is 18.2 Å². The average Bonchev–Trinajstić information content (AvgIpc) is 2.47. The van der Waals surface area contributed by atoms with E-state index in [1.54, 1.807) is 0 Å². The van der Waals surface area contributed by atoms with Crippen molar-refractivity contribution in [2.45, 2.75) is 33.9 Å². The van der Waals surface area contributed by atoms with Crippen LogP contribution in [0.3, 0.4) is 0 Å². The lowest BCUT2D eigenvalue weighted by molar-refractivity contribution is 0.302. The van der Waals surface area contributed by atoms with Crippen molar-refractivity contribution < 1.29 is 4.74 Å². The van der Waals surface area contributed by atoms with Crippen LogP contribution in [0.5, 0.6) is 5.75 Å². The van der Waals surface area contributed by atoms with Gasteiger partial charge in [0, 0.05) is 17.1 Å². The lowest BCUT2D eigenvalue weighted by Gasteiger charge is -2.14. The van der Waals surface area contributed by atoms with E-state index in [1.165, 1.54) is 16.7 Å². The number of hydrogen-bond donors (Lipinski definition) is 1. The van der Waals surface area contributed by atoms with Crippen LogP contribution in [0.15, 0.2) is 36.4 Å². The normalized spacial score (nSPS) is 10.7. The van der Waals surface area contributed by atoms with Gasteiger partial charge in [-0.2, -0.15) is 0 Å². The second-order valence-corrected chi connectivity index (χ2v) is 5.61. The van der Waals surface area contributed by atoms with Gasteiger partial charge in [-0.1, -0.05) is 42.8 Å². The number of hydrogen-bond acceptors (Lipinski definition) is 2. The van der Waals surface area contributed by atoms with Gasteiger partial charge >= 0.3 is 0 Å². The van der Waals surface area contributed by atoms with E-state index in [9.17, 15) is 0 Å². The van der Waals surface area contributed by atoms with Crippen LogP contribution in [0.25, 0.3) is 0 Å². The van der Waals surface area contributed by atoms with Crippen molar-refractivity contribution in [1.29, 1.82) is 0 Å². The van der Waals surface area contributed by atoms with E-state index in [4.69, 9.17) is 16.3 Å². The number of nitrogens with one attached hydrogen (secondary N) is 1. The molecule has 21 heavy (non-hydrogen) atoms. The zero-order valence-electron chi connectivity index (χ0n) is 12.9. The Morgan fingerprint density at radius 3 is 2.62 bits per heavy atom. The highest BCUT2D eigenvalue weighted by atomic mass is 35.5. The van der Waals surface area contributed by atoms with Gasteiger partial charge in [0.1, 0.15) is 12.4 Å². The summed E-state index contributed by atoms with van der Waals surface area (Å²) in [5, 5.41) is 4.04. The first kappa shape index (κ1) is 15.9. The molecular weight excluding hydrogens is 282 g/mol. The van der Waals surface area contributed by atoms with Crippen molar-refractivity contribution >= 4 is 11.6 Å². The molecule has 0 aliphatic rings. The summed E-state index contributed by atoms with van der Waals surface area (Å²) in [5.41, 5.74) is 4.78. The molecule has 2 aromatic carbocycles. The van der Waals surface area contributed by atoms with Crippen LogP contribution in [0.2, 0.25) is 5.02 Å². The summed E-state index contributed by atoms with van der Waals surface area (Å²) in [6, 6.07) is 12.2. The van der Waals surface area contributed by atoms with Gasteiger partial charge in [-0.15, -0.1) is 0 Å². The van der Waals surface area contributed by atoms with Gasteiger partial charge in [0.2, 0.25) is 0 Å². The van der Waals surface area contributed by atoms with Gasteiger partial charge in [0.15, 0.2) is 0 Å². The van der Waals surface area contributed by atoms with Crippen LogP contribution in [-0.4, -0.2) is 6.54 Å². The summed E-state index contributed by atoms with van der Waals surface area (Å²) in [4.78, 5) is 0. The third-order valence-corrected chi connectivity index (χ3v) is 3.95. The maximum atomic E-state index is 6.27. The molecule has 0 spiro atoms. The van der Waals surface area contributed by atoms with Gasteiger partial charge in [-0.05, 0) is 49.2 Å². The van der Waals surface area contributed by atoms with E-state index in [0.29, 0.717) is 6.61 Å². The fourth-order valence-corrected chi connectivity index (χ4v) is 2.38. The first-order chi connectivity index (χ1) is 10.1. The second-order valence-electron chi connectivity index (χ2n) is 5.20. The maximum Gasteiger partial charge on any atom is 0.125 e. The molecule has 0 aliphatic carbocycles. The molecule has 0 aromatic heterocycles. The van der Waals surface area contributed by atoms with Crippen molar-refractivity contribution in [1.82, 2.24) is 5.32 Å². The minimum atomic E-state index is 0.556. The Morgan fingerprint density at radius 1 is 1.10 bits per heavy atom. The topological polar surface area (TPSA) is 21.3 Å². The highest BCUT2D eigenvalue weighted by Gasteiger charge is 2.08. The quantitative estimate of drug-likeness (QED) is 0.839. The molecule has 1 N–H and O–H groups in total. The van der Waals surface area contributed by atoms with Gasteiger partial charge in [0.05, 0.1) is 0 Å². The summed E-state index contributed by atoms with van der Waals surface area (Å²) in [5.74, 6) is 0.849. The Hall–Kier alpha value is -1.51. The van der Waals surface area contributed by atoms with Gasteiger partial charge < -0.3 is 10.1 Å². The molecule has 0 radical (unpaired) electrons. The molecule has 2 nitrogen and oxygen atoms in total. The third-order valence-electron chi connectivity index (χ3n) is 3.59. The molecular formula is C18H22ClNO. The van der Waals surface area contributed by atoms with Gasteiger partial charge in [-0.3, -0.25) is 0 Å². The maximum absolute atomic E-state index is 6.27. The molecule has 2 aromatic rings. The zero-order valence-corrected chi connectivity index (χ0v) is 13.6. The SMILES string of the molecule is CCNCc1c(Cl)cccc1OCc1ccc(C)c(C)c1. The lowest BCUT2D eigenvalue weighted by Crippen LogP contribution is -2.13. The fourth-order valence-electron chi connectivity index (χ4n) is 2.15. The molecule has 0 atom stereocenters. The molecule has 0 bridgehead atoms. The molecule has 0 heterocycles. The van der Waals surface area contributed by atoms with Gasteiger partial charge in [0.25, 0.3) is 0 Å². The smallest absolute Gasteiger partial charge is 0.125 e. The molecule has 3 heteroatoms. The predicted molar refractivity (Wildman–Crippen MR) is 89.1 cm³/mol.